The average Bonchev–Trinajstić information content (AvgIpc) is 1.62. The summed E-state index contributed by atoms with van der Waals surface area (Å²) in [5.74, 6) is -0.715. The third kappa shape index (κ3) is 22.2. The lowest BCUT2D eigenvalue weighted by Crippen LogP contribution is -2.59. The molecule has 8 N–H and O–H groups in total. The van der Waals surface area contributed by atoms with Gasteiger partial charge in [0.1, 0.15) is 17.9 Å². The second kappa shape index (κ2) is 36.6. The Bertz CT molecular complexity index is 2990. The fraction of sp³-hybridized carbons (Fsp3) is 0.500. The number of fused-ring (bicyclic) bond motifs is 1. The largest absolute Gasteiger partial charge is 0.483 e. The standard InChI is InChI=1S/C68H91N9O12S/c1-45(2)62(77-36-18-33-72-68(77)85)66(83)74-53(48(5)50-23-11-7-12-24-50)42-56(54(41-49-21-9-6-10-22-49)73-59(79)43-88-63-46(3)19-17-20-47(63)4)89-60(80)27-13-8-16-32-70-64(81)51-28-30-52(31-29-51)65(82)71-35-38-87-40-39-86-37-34-69-58(78)26-15-14-25-57-61-55(44-90-57)75-67(84)76-61/h6-7,9-12,17,19-24,28-31,45,53-57,61-62H,5,8,13-16,18,25-27,32-44H2,1-4H3,(H,69,78)(H,70,81)(H,71,82)(H,72,85)(H,73,79)(H,74,83)(H2,75,76,84)/t53-,54+,55+,56+,57+,61+,62+/m1/s1. The number of nitrogens with one attached hydrogen (secondary N) is 8. The molecule has 9 amide bonds. The van der Waals surface area contributed by atoms with Gasteiger partial charge in [-0.3, -0.25) is 28.8 Å². The number of ether oxygens (including phenoxy) is 4. The van der Waals surface area contributed by atoms with E-state index in [9.17, 15) is 38.4 Å². The van der Waals surface area contributed by atoms with Gasteiger partial charge in [0.2, 0.25) is 11.8 Å². The molecule has 0 bridgehead atoms. The van der Waals surface area contributed by atoms with E-state index in [0.717, 1.165) is 47.3 Å². The number of thioether (sulfide) groups is 1. The number of esters is 1. The van der Waals surface area contributed by atoms with Gasteiger partial charge >= 0.3 is 18.0 Å². The van der Waals surface area contributed by atoms with Crippen molar-refractivity contribution in [3.8, 4) is 5.75 Å². The van der Waals surface area contributed by atoms with Crippen molar-refractivity contribution in [2.45, 2.75) is 140 Å². The minimum atomic E-state index is -1.01. The average molecular weight is 1260 g/mol. The number of hydrogen-bond donors (Lipinski definition) is 8. The predicted molar refractivity (Wildman–Crippen MR) is 347 cm³/mol. The topological polar surface area (TPSA) is 273 Å². The number of para-hydroxylation sites is 1. The summed E-state index contributed by atoms with van der Waals surface area (Å²) >= 11 is 1.87. The molecular formula is C68H91N9O12S. The number of carbonyl (C=O) groups excluding carboxylic acids is 8. The third-order valence-electron chi connectivity index (χ3n) is 16.1. The monoisotopic (exact) mass is 1260 g/mol. The number of rotatable bonds is 38. The Morgan fingerprint density at radius 3 is 2.00 bits per heavy atom. The van der Waals surface area contributed by atoms with Gasteiger partial charge < -0.3 is 66.4 Å². The molecule has 3 heterocycles. The number of carbonyl (C=O) groups is 8. The Morgan fingerprint density at radius 1 is 0.689 bits per heavy atom. The van der Waals surface area contributed by atoms with Gasteiger partial charge in [0.25, 0.3) is 17.7 Å². The highest BCUT2D eigenvalue weighted by molar-refractivity contribution is 8.00. The fourth-order valence-corrected chi connectivity index (χ4v) is 12.9. The number of nitrogens with zero attached hydrogens (tertiary/aromatic N) is 1. The van der Waals surface area contributed by atoms with Crippen LogP contribution in [-0.2, 0) is 39.8 Å². The maximum Gasteiger partial charge on any atom is 0.318 e. The number of aryl methyl sites for hydroxylation is 2. The van der Waals surface area contributed by atoms with Gasteiger partial charge in [0.05, 0.1) is 50.6 Å². The molecule has 3 fully saturated rings. The zero-order chi connectivity index (χ0) is 64.2. The Balaban J connectivity index is 0.856. The van der Waals surface area contributed by atoms with E-state index in [1.54, 1.807) is 29.2 Å². The molecule has 3 aliphatic rings. The normalized spacial score (nSPS) is 17.3. The van der Waals surface area contributed by atoms with Crippen LogP contribution in [0.3, 0.4) is 0 Å². The van der Waals surface area contributed by atoms with Crippen LogP contribution in [-0.4, -0.2) is 166 Å². The summed E-state index contributed by atoms with van der Waals surface area (Å²) in [6.45, 7) is 15.0. The first-order valence-corrected chi connectivity index (χ1v) is 32.7. The van der Waals surface area contributed by atoms with Crippen LogP contribution in [0.15, 0.2) is 110 Å². The number of urea groups is 2. The highest BCUT2D eigenvalue weighted by atomic mass is 32.2. The summed E-state index contributed by atoms with van der Waals surface area (Å²) < 4.78 is 23.7. The maximum atomic E-state index is 14.6. The fourth-order valence-electron chi connectivity index (χ4n) is 11.4. The zero-order valence-corrected chi connectivity index (χ0v) is 53.3. The number of benzene rings is 4. The first-order chi connectivity index (χ1) is 43.5. The van der Waals surface area contributed by atoms with E-state index in [2.05, 4.69) is 49.1 Å². The lowest BCUT2D eigenvalue weighted by atomic mass is 9.90. The molecule has 4 aromatic rings. The van der Waals surface area contributed by atoms with Crippen LogP contribution in [0.1, 0.15) is 121 Å². The first-order valence-electron chi connectivity index (χ1n) is 31.6. The summed E-state index contributed by atoms with van der Waals surface area (Å²) in [7, 11) is 0. The SMILES string of the molecule is C=C(c1ccccc1)[C@@H](C[C@H](OC(=O)CCCCCNC(=O)c1ccc(C(=O)NCCOCCOCCNC(=O)CCCC[C@@H]2SC[C@@H]3NC(=O)N[C@@H]32)cc1)[C@H](Cc1ccccc1)NC(=O)COc1c(C)cccc1C)NC(=O)[C@H](C(C)C)N1CCCNC1=O. The minimum Gasteiger partial charge on any atom is -0.483 e. The molecule has 3 saturated heterocycles. The third-order valence-corrected chi connectivity index (χ3v) is 17.6. The van der Waals surface area contributed by atoms with Gasteiger partial charge in [-0.1, -0.05) is 112 Å². The van der Waals surface area contributed by atoms with Crippen LogP contribution >= 0.6 is 11.8 Å². The molecule has 7 rings (SSSR count). The Hall–Kier alpha value is -7.95. The summed E-state index contributed by atoms with van der Waals surface area (Å²) in [5.41, 5.74) is 4.67. The van der Waals surface area contributed by atoms with Gasteiger partial charge in [0, 0.05) is 74.1 Å². The van der Waals surface area contributed by atoms with Crippen LogP contribution in [0.2, 0.25) is 0 Å². The lowest BCUT2D eigenvalue weighted by Gasteiger charge is -2.38. The Labute approximate surface area is 533 Å². The van der Waals surface area contributed by atoms with E-state index in [4.69, 9.17) is 18.9 Å². The Kier molecular flexibility index (Phi) is 28.3. The summed E-state index contributed by atoms with van der Waals surface area (Å²) in [5, 5.41) is 24.2. The van der Waals surface area contributed by atoms with Crippen molar-refractivity contribution >= 4 is 64.9 Å². The van der Waals surface area contributed by atoms with Crippen LogP contribution in [0, 0.1) is 19.8 Å². The van der Waals surface area contributed by atoms with Crippen molar-refractivity contribution in [1.82, 2.24) is 47.4 Å². The van der Waals surface area contributed by atoms with Crippen molar-refractivity contribution in [2.75, 3.05) is 71.5 Å². The van der Waals surface area contributed by atoms with E-state index < -0.39 is 42.0 Å². The molecule has 0 unspecified atom stereocenters. The quantitative estimate of drug-likeness (QED) is 0.0128. The molecule has 3 aliphatic heterocycles. The van der Waals surface area contributed by atoms with Crippen molar-refractivity contribution in [3.05, 3.63) is 143 Å². The molecule has 0 aromatic heterocycles. The Morgan fingerprint density at radius 2 is 1.33 bits per heavy atom. The minimum absolute atomic E-state index is 0.0135. The van der Waals surface area contributed by atoms with Crippen LogP contribution in [0.4, 0.5) is 9.59 Å². The van der Waals surface area contributed by atoms with E-state index in [1.165, 1.54) is 0 Å². The van der Waals surface area contributed by atoms with Gasteiger partial charge in [-0.15, -0.1) is 0 Å². The van der Waals surface area contributed by atoms with E-state index >= 15 is 0 Å². The molecule has 0 radical (unpaired) electrons. The molecule has 21 nitrogen and oxygen atoms in total. The van der Waals surface area contributed by atoms with Crippen molar-refractivity contribution in [3.63, 3.8) is 0 Å². The molecule has 486 valence electrons. The van der Waals surface area contributed by atoms with Gasteiger partial charge in [-0.05, 0) is 110 Å². The summed E-state index contributed by atoms with van der Waals surface area (Å²) in [6, 6.07) is 28.5. The molecule has 0 aliphatic carbocycles. The number of amides is 9. The molecule has 0 saturated carbocycles. The van der Waals surface area contributed by atoms with E-state index in [-0.39, 0.29) is 86.8 Å². The van der Waals surface area contributed by atoms with E-state index in [0.29, 0.717) is 106 Å². The molecule has 22 heteroatoms. The number of hydrogen-bond acceptors (Lipinski definition) is 13. The molecule has 7 atom stereocenters. The lowest BCUT2D eigenvalue weighted by molar-refractivity contribution is -0.152. The molecule has 4 aromatic carbocycles. The van der Waals surface area contributed by atoms with Crippen molar-refractivity contribution in [2.24, 2.45) is 5.92 Å². The number of unbranched alkanes of at least 4 members (excludes halogenated alkanes) is 3. The van der Waals surface area contributed by atoms with Gasteiger partial charge in [-0.25, -0.2) is 9.59 Å². The van der Waals surface area contributed by atoms with Crippen LogP contribution in [0.5, 0.6) is 5.75 Å². The highest BCUT2D eigenvalue weighted by Gasteiger charge is 2.43. The second-order valence-corrected chi connectivity index (χ2v) is 24.7. The van der Waals surface area contributed by atoms with E-state index in [1.807, 2.05) is 118 Å². The predicted octanol–water partition coefficient (Wildman–Crippen LogP) is 6.95. The van der Waals surface area contributed by atoms with Crippen LogP contribution in [0.25, 0.3) is 5.57 Å². The molecule has 0 spiro atoms. The summed E-state index contributed by atoms with van der Waals surface area (Å²) in [4.78, 5) is 107. The molecule has 90 heavy (non-hydrogen) atoms. The first kappa shape index (κ1) is 69.5. The van der Waals surface area contributed by atoms with Gasteiger partial charge in [-0.2, -0.15) is 11.8 Å². The van der Waals surface area contributed by atoms with Crippen molar-refractivity contribution in [1.29, 1.82) is 0 Å². The highest BCUT2D eigenvalue weighted by Crippen LogP contribution is 2.33. The second-order valence-electron chi connectivity index (χ2n) is 23.4. The summed E-state index contributed by atoms with van der Waals surface area (Å²) in [6.07, 6.45) is 4.67. The zero-order valence-electron chi connectivity index (χ0n) is 52.5. The van der Waals surface area contributed by atoms with Crippen LogP contribution < -0.4 is 47.3 Å². The maximum absolute atomic E-state index is 14.6. The molecular weight excluding hydrogens is 1170 g/mol. The smallest absolute Gasteiger partial charge is 0.318 e. The van der Waals surface area contributed by atoms with Gasteiger partial charge in [0.15, 0.2) is 6.61 Å². The van der Waals surface area contributed by atoms with Crippen molar-refractivity contribution < 1.29 is 57.3 Å².